The largest absolute Gasteiger partial charge is 0.494 e. The first kappa shape index (κ1) is 15.6. The standard InChI is InChI=1S/C19H25NO/c1-4-14-21-18-12-10-17(11-13-18)19(20-5-2)16-8-6-15(3)7-9-16/h6-13,19-20H,4-5,14H2,1-3H3. The van der Waals surface area contributed by atoms with Crippen LogP contribution in [0, 0.1) is 6.92 Å². The second-order valence-corrected chi connectivity index (χ2v) is 5.32. The summed E-state index contributed by atoms with van der Waals surface area (Å²) >= 11 is 0. The Morgan fingerprint density at radius 2 is 1.48 bits per heavy atom. The van der Waals surface area contributed by atoms with Crippen LogP contribution in [0.3, 0.4) is 0 Å². The van der Waals surface area contributed by atoms with Crippen molar-refractivity contribution < 1.29 is 4.74 Å². The highest BCUT2D eigenvalue weighted by Gasteiger charge is 2.12. The van der Waals surface area contributed by atoms with E-state index in [0.29, 0.717) is 0 Å². The first-order chi connectivity index (χ1) is 10.2. The van der Waals surface area contributed by atoms with E-state index in [4.69, 9.17) is 4.74 Å². The second kappa shape index (κ2) is 7.84. The summed E-state index contributed by atoms with van der Waals surface area (Å²) in [6.45, 7) is 8.08. The fraction of sp³-hybridized carbons (Fsp3) is 0.368. The van der Waals surface area contributed by atoms with Crippen molar-refractivity contribution in [2.45, 2.75) is 33.2 Å². The fourth-order valence-electron chi connectivity index (χ4n) is 2.37. The van der Waals surface area contributed by atoms with Crippen molar-refractivity contribution >= 4 is 0 Å². The molecular weight excluding hydrogens is 258 g/mol. The molecule has 0 aromatic heterocycles. The van der Waals surface area contributed by atoms with Crippen LogP contribution in [-0.4, -0.2) is 13.2 Å². The highest BCUT2D eigenvalue weighted by Crippen LogP contribution is 2.24. The molecule has 1 unspecified atom stereocenters. The number of rotatable bonds is 7. The van der Waals surface area contributed by atoms with E-state index in [1.807, 2.05) is 0 Å². The Morgan fingerprint density at radius 3 is 2.00 bits per heavy atom. The molecule has 0 aliphatic rings. The van der Waals surface area contributed by atoms with Crippen LogP contribution < -0.4 is 10.1 Å². The van der Waals surface area contributed by atoms with Gasteiger partial charge >= 0.3 is 0 Å². The molecule has 2 rings (SSSR count). The van der Waals surface area contributed by atoms with Crippen molar-refractivity contribution in [1.82, 2.24) is 5.32 Å². The third kappa shape index (κ3) is 4.33. The van der Waals surface area contributed by atoms with E-state index in [1.54, 1.807) is 0 Å². The van der Waals surface area contributed by atoms with Gasteiger partial charge in [-0.1, -0.05) is 55.8 Å². The molecule has 21 heavy (non-hydrogen) atoms. The molecule has 2 aromatic carbocycles. The van der Waals surface area contributed by atoms with Gasteiger partial charge in [-0.25, -0.2) is 0 Å². The minimum absolute atomic E-state index is 0.232. The maximum absolute atomic E-state index is 5.65. The molecule has 0 saturated heterocycles. The zero-order valence-corrected chi connectivity index (χ0v) is 13.2. The van der Waals surface area contributed by atoms with Crippen LogP contribution in [0.25, 0.3) is 0 Å². The number of ether oxygens (including phenoxy) is 1. The molecule has 0 spiro atoms. The normalized spacial score (nSPS) is 12.1. The SMILES string of the molecule is CCCOc1ccc(C(NCC)c2ccc(C)cc2)cc1. The van der Waals surface area contributed by atoms with Crippen LogP contribution in [0.15, 0.2) is 48.5 Å². The summed E-state index contributed by atoms with van der Waals surface area (Å²) in [6, 6.07) is 17.4. The summed E-state index contributed by atoms with van der Waals surface area (Å²) in [5.74, 6) is 0.944. The van der Waals surface area contributed by atoms with Crippen LogP contribution in [0.5, 0.6) is 5.75 Å². The average Bonchev–Trinajstić information content (AvgIpc) is 2.52. The summed E-state index contributed by atoms with van der Waals surface area (Å²) in [6.07, 6.45) is 1.03. The summed E-state index contributed by atoms with van der Waals surface area (Å²) in [5, 5.41) is 3.56. The summed E-state index contributed by atoms with van der Waals surface area (Å²) in [4.78, 5) is 0. The van der Waals surface area contributed by atoms with Crippen molar-refractivity contribution in [2.24, 2.45) is 0 Å². The second-order valence-electron chi connectivity index (χ2n) is 5.32. The molecule has 0 aliphatic heterocycles. The third-order valence-corrected chi connectivity index (χ3v) is 3.51. The van der Waals surface area contributed by atoms with Crippen LogP contribution in [0.4, 0.5) is 0 Å². The van der Waals surface area contributed by atoms with Gasteiger partial charge in [0, 0.05) is 0 Å². The number of benzene rings is 2. The van der Waals surface area contributed by atoms with E-state index in [0.717, 1.165) is 25.3 Å². The van der Waals surface area contributed by atoms with E-state index in [1.165, 1.54) is 16.7 Å². The predicted molar refractivity (Wildman–Crippen MR) is 88.9 cm³/mol. The molecular formula is C19H25NO. The van der Waals surface area contributed by atoms with E-state index >= 15 is 0 Å². The molecule has 0 amide bonds. The van der Waals surface area contributed by atoms with Gasteiger partial charge in [0.05, 0.1) is 12.6 Å². The average molecular weight is 283 g/mol. The Labute approximate surface area is 128 Å². The Bertz CT molecular complexity index is 530. The van der Waals surface area contributed by atoms with Gasteiger partial charge in [-0.05, 0) is 43.1 Å². The summed E-state index contributed by atoms with van der Waals surface area (Å²) < 4.78 is 5.65. The lowest BCUT2D eigenvalue weighted by Gasteiger charge is -2.19. The molecule has 1 N–H and O–H groups in total. The van der Waals surface area contributed by atoms with Crippen molar-refractivity contribution in [3.8, 4) is 5.75 Å². The van der Waals surface area contributed by atoms with Gasteiger partial charge in [-0.3, -0.25) is 0 Å². The van der Waals surface area contributed by atoms with Crippen molar-refractivity contribution in [3.63, 3.8) is 0 Å². The topological polar surface area (TPSA) is 21.3 Å². The fourth-order valence-corrected chi connectivity index (χ4v) is 2.37. The van der Waals surface area contributed by atoms with Gasteiger partial charge in [-0.15, -0.1) is 0 Å². The van der Waals surface area contributed by atoms with E-state index in [9.17, 15) is 0 Å². The predicted octanol–water partition coefficient (Wildman–Crippen LogP) is 4.48. The minimum Gasteiger partial charge on any atom is -0.494 e. The lowest BCUT2D eigenvalue weighted by molar-refractivity contribution is 0.317. The maximum atomic E-state index is 5.65. The number of hydrogen-bond donors (Lipinski definition) is 1. The van der Waals surface area contributed by atoms with E-state index in [-0.39, 0.29) is 6.04 Å². The van der Waals surface area contributed by atoms with Crippen LogP contribution in [-0.2, 0) is 0 Å². The lowest BCUT2D eigenvalue weighted by atomic mass is 9.97. The smallest absolute Gasteiger partial charge is 0.119 e. The van der Waals surface area contributed by atoms with Gasteiger partial charge in [0.2, 0.25) is 0 Å². The zero-order valence-electron chi connectivity index (χ0n) is 13.2. The Kier molecular flexibility index (Phi) is 5.82. The highest BCUT2D eigenvalue weighted by molar-refractivity contribution is 5.36. The molecule has 2 aromatic rings. The van der Waals surface area contributed by atoms with Crippen LogP contribution in [0.2, 0.25) is 0 Å². The third-order valence-electron chi connectivity index (χ3n) is 3.51. The molecule has 0 fully saturated rings. The zero-order chi connectivity index (χ0) is 15.1. The number of nitrogens with one attached hydrogen (secondary N) is 1. The van der Waals surface area contributed by atoms with E-state index < -0.39 is 0 Å². The van der Waals surface area contributed by atoms with Gasteiger partial charge < -0.3 is 10.1 Å². The van der Waals surface area contributed by atoms with Crippen LogP contribution in [0.1, 0.15) is 43.0 Å². The highest BCUT2D eigenvalue weighted by atomic mass is 16.5. The lowest BCUT2D eigenvalue weighted by Crippen LogP contribution is -2.21. The molecule has 1 atom stereocenters. The van der Waals surface area contributed by atoms with Crippen molar-refractivity contribution in [2.75, 3.05) is 13.2 Å². The van der Waals surface area contributed by atoms with Crippen molar-refractivity contribution in [1.29, 1.82) is 0 Å². The van der Waals surface area contributed by atoms with Gasteiger partial charge in [0.25, 0.3) is 0 Å². The Balaban J connectivity index is 2.19. The van der Waals surface area contributed by atoms with Gasteiger partial charge in [0.1, 0.15) is 5.75 Å². The van der Waals surface area contributed by atoms with Gasteiger partial charge in [-0.2, -0.15) is 0 Å². The Hall–Kier alpha value is -1.80. The summed E-state index contributed by atoms with van der Waals surface area (Å²) in [5.41, 5.74) is 3.85. The monoisotopic (exact) mass is 283 g/mol. The molecule has 112 valence electrons. The first-order valence-corrected chi connectivity index (χ1v) is 7.77. The quantitative estimate of drug-likeness (QED) is 0.808. The molecule has 0 aliphatic carbocycles. The molecule has 0 bridgehead atoms. The van der Waals surface area contributed by atoms with Crippen LogP contribution >= 0.6 is 0 Å². The molecule has 0 radical (unpaired) electrons. The molecule has 0 saturated carbocycles. The molecule has 0 heterocycles. The maximum Gasteiger partial charge on any atom is 0.119 e. The number of hydrogen-bond acceptors (Lipinski definition) is 2. The first-order valence-electron chi connectivity index (χ1n) is 7.77. The number of aryl methyl sites for hydroxylation is 1. The van der Waals surface area contributed by atoms with E-state index in [2.05, 4.69) is 74.6 Å². The molecule has 2 nitrogen and oxygen atoms in total. The van der Waals surface area contributed by atoms with Crippen molar-refractivity contribution in [3.05, 3.63) is 65.2 Å². The Morgan fingerprint density at radius 1 is 0.905 bits per heavy atom. The summed E-state index contributed by atoms with van der Waals surface area (Å²) in [7, 11) is 0. The molecule has 2 heteroatoms. The van der Waals surface area contributed by atoms with Gasteiger partial charge in [0.15, 0.2) is 0 Å². The minimum atomic E-state index is 0.232.